The molecule has 0 aromatic heterocycles. The van der Waals surface area contributed by atoms with Crippen molar-refractivity contribution in [2.45, 2.75) is 26.5 Å². The number of anilines is 1. The Hall–Kier alpha value is -1.58. The monoisotopic (exact) mass is 307 g/mol. The first-order valence-electron chi connectivity index (χ1n) is 6.82. The molecule has 0 aliphatic heterocycles. The highest BCUT2D eigenvalue weighted by Gasteiger charge is 2.15. The number of rotatable bonds is 4. The summed E-state index contributed by atoms with van der Waals surface area (Å²) < 4.78 is 13.7. The second-order valence-corrected chi connectivity index (χ2v) is 5.69. The van der Waals surface area contributed by atoms with Crippen LogP contribution in [-0.4, -0.2) is 12.2 Å². The maximum absolute atomic E-state index is 13.7. The molecule has 0 aliphatic carbocycles. The first kappa shape index (κ1) is 15.8. The van der Waals surface area contributed by atoms with Gasteiger partial charge in [0, 0.05) is 29.9 Å². The highest BCUT2D eigenvalue weighted by atomic mass is 35.5. The Kier molecular flexibility index (Phi) is 4.86. The van der Waals surface area contributed by atoms with Gasteiger partial charge in [-0.15, -0.1) is 0 Å². The molecule has 4 heteroatoms. The zero-order valence-electron chi connectivity index (χ0n) is 12.4. The first-order valence-corrected chi connectivity index (χ1v) is 7.20. The van der Waals surface area contributed by atoms with Crippen molar-refractivity contribution < 1.29 is 9.50 Å². The molecule has 1 atom stereocenters. The molecule has 2 nitrogen and oxygen atoms in total. The summed E-state index contributed by atoms with van der Waals surface area (Å²) in [6.07, 6.45) is -0.733. The Balaban J connectivity index is 2.37. The lowest BCUT2D eigenvalue weighted by Crippen LogP contribution is -2.19. The van der Waals surface area contributed by atoms with Crippen molar-refractivity contribution in [1.29, 1.82) is 0 Å². The van der Waals surface area contributed by atoms with E-state index in [-0.39, 0.29) is 5.82 Å². The largest absolute Gasteiger partial charge is 0.389 e. The fourth-order valence-corrected chi connectivity index (χ4v) is 2.51. The molecule has 0 fully saturated rings. The zero-order chi connectivity index (χ0) is 15.6. The van der Waals surface area contributed by atoms with E-state index in [1.807, 2.05) is 36.2 Å². The summed E-state index contributed by atoms with van der Waals surface area (Å²) in [4.78, 5) is 1.97. The lowest BCUT2D eigenvalue weighted by Gasteiger charge is -2.25. The van der Waals surface area contributed by atoms with Crippen LogP contribution in [0.25, 0.3) is 0 Å². The van der Waals surface area contributed by atoms with Gasteiger partial charge in [-0.3, -0.25) is 0 Å². The average molecular weight is 308 g/mol. The lowest BCUT2D eigenvalue weighted by atomic mass is 10.0. The minimum Gasteiger partial charge on any atom is -0.389 e. The summed E-state index contributed by atoms with van der Waals surface area (Å²) in [5.74, 6) is -0.305. The Bertz CT molecular complexity index is 643. The minimum atomic E-state index is -0.733. The molecule has 0 radical (unpaired) electrons. The molecule has 0 bridgehead atoms. The van der Waals surface area contributed by atoms with Crippen molar-refractivity contribution in [1.82, 2.24) is 0 Å². The smallest absolute Gasteiger partial charge is 0.126 e. The third kappa shape index (κ3) is 3.55. The molecule has 0 spiro atoms. The highest BCUT2D eigenvalue weighted by molar-refractivity contribution is 6.31. The van der Waals surface area contributed by atoms with Crippen LogP contribution < -0.4 is 4.90 Å². The van der Waals surface area contributed by atoms with Crippen LogP contribution in [0.15, 0.2) is 36.4 Å². The van der Waals surface area contributed by atoms with E-state index in [1.54, 1.807) is 19.9 Å². The topological polar surface area (TPSA) is 23.5 Å². The standard InChI is InChI=1S/C17H19ClFNO/c1-11-8-17(14(12(2)21)9-16(11)19)20(3)10-13-6-4-5-7-15(13)18/h4-9,12,21H,10H2,1-3H3/t12-/m1/s1. The van der Waals surface area contributed by atoms with Crippen LogP contribution in [0.5, 0.6) is 0 Å². The van der Waals surface area contributed by atoms with Crippen LogP contribution in [0.3, 0.4) is 0 Å². The third-order valence-electron chi connectivity index (χ3n) is 3.53. The average Bonchev–Trinajstić information content (AvgIpc) is 2.43. The molecule has 0 aliphatic rings. The maximum Gasteiger partial charge on any atom is 0.126 e. The molecule has 1 N–H and O–H groups in total. The maximum atomic E-state index is 13.7. The Labute approximate surface area is 129 Å². The van der Waals surface area contributed by atoms with Gasteiger partial charge in [0.25, 0.3) is 0 Å². The van der Waals surface area contributed by atoms with Crippen molar-refractivity contribution in [2.75, 3.05) is 11.9 Å². The number of benzene rings is 2. The minimum absolute atomic E-state index is 0.305. The lowest BCUT2D eigenvalue weighted by molar-refractivity contribution is 0.199. The molecule has 0 unspecified atom stereocenters. The molecule has 112 valence electrons. The van der Waals surface area contributed by atoms with Gasteiger partial charge in [0.2, 0.25) is 0 Å². The zero-order valence-corrected chi connectivity index (χ0v) is 13.2. The van der Waals surface area contributed by atoms with E-state index in [0.717, 1.165) is 11.3 Å². The molecule has 0 amide bonds. The second-order valence-electron chi connectivity index (χ2n) is 5.28. The van der Waals surface area contributed by atoms with Gasteiger partial charge in [-0.25, -0.2) is 4.39 Å². The highest BCUT2D eigenvalue weighted by Crippen LogP contribution is 2.30. The van der Waals surface area contributed by atoms with Gasteiger partial charge >= 0.3 is 0 Å². The number of aryl methyl sites for hydroxylation is 1. The molecular formula is C17H19ClFNO. The van der Waals surface area contributed by atoms with Crippen LogP contribution in [0, 0.1) is 12.7 Å². The number of hydrogen-bond donors (Lipinski definition) is 1. The van der Waals surface area contributed by atoms with E-state index in [2.05, 4.69) is 0 Å². The predicted molar refractivity (Wildman–Crippen MR) is 85.3 cm³/mol. The van der Waals surface area contributed by atoms with Gasteiger partial charge in [0.1, 0.15) is 5.82 Å². The van der Waals surface area contributed by atoms with Crippen LogP contribution in [0.1, 0.15) is 29.7 Å². The quantitative estimate of drug-likeness (QED) is 0.900. The summed E-state index contributed by atoms with van der Waals surface area (Å²) in [7, 11) is 1.90. The summed E-state index contributed by atoms with van der Waals surface area (Å²) in [6.45, 7) is 3.94. The molecule has 0 heterocycles. The van der Waals surface area contributed by atoms with Crippen molar-refractivity contribution in [3.8, 4) is 0 Å². The normalized spacial score (nSPS) is 12.3. The molecule has 0 saturated heterocycles. The molecular weight excluding hydrogens is 289 g/mol. The van der Waals surface area contributed by atoms with Gasteiger partial charge in [-0.05, 0) is 43.2 Å². The van der Waals surface area contributed by atoms with E-state index in [9.17, 15) is 9.50 Å². The van der Waals surface area contributed by atoms with Gasteiger partial charge < -0.3 is 10.0 Å². The predicted octanol–water partition coefficient (Wildman–Crippen LogP) is 4.48. The number of hydrogen-bond acceptors (Lipinski definition) is 2. The number of aliphatic hydroxyl groups excluding tert-OH is 1. The Morgan fingerprint density at radius 2 is 1.95 bits per heavy atom. The van der Waals surface area contributed by atoms with Crippen molar-refractivity contribution >= 4 is 17.3 Å². The molecule has 2 aromatic rings. The Morgan fingerprint density at radius 3 is 2.57 bits per heavy atom. The van der Waals surface area contributed by atoms with Crippen molar-refractivity contribution in [3.05, 3.63) is 63.9 Å². The summed E-state index contributed by atoms with van der Waals surface area (Å²) in [5.41, 5.74) is 2.93. The SMILES string of the molecule is Cc1cc(N(C)Cc2ccccc2Cl)c([C@@H](C)O)cc1F. The molecule has 2 aromatic carbocycles. The van der Waals surface area contributed by atoms with E-state index >= 15 is 0 Å². The summed E-state index contributed by atoms with van der Waals surface area (Å²) >= 11 is 6.18. The van der Waals surface area contributed by atoms with Gasteiger partial charge in [-0.1, -0.05) is 29.8 Å². The van der Waals surface area contributed by atoms with E-state index in [0.29, 0.717) is 22.7 Å². The molecule has 21 heavy (non-hydrogen) atoms. The van der Waals surface area contributed by atoms with Crippen molar-refractivity contribution in [2.24, 2.45) is 0 Å². The first-order chi connectivity index (χ1) is 9.90. The van der Waals surface area contributed by atoms with Crippen LogP contribution in [-0.2, 0) is 6.54 Å². The summed E-state index contributed by atoms with van der Waals surface area (Å²) in [5, 5.41) is 10.6. The number of halogens is 2. The third-order valence-corrected chi connectivity index (χ3v) is 3.90. The fraction of sp³-hybridized carbons (Fsp3) is 0.294. The van der Waals surface area contributed by atoms with E-state index in [1.165, 1.54) is 6.07 Å². The van der Waals surface area contributed by atoms with E-state index < -0.39 is 6.10 Å². The van der Waals surface area contributed by atoms with Crippen LogP contribution in [0.4, 0.5) is 10.1 Å². The number of aliphatic hydroxyl groups is 1. The molecule has 0 saturated carbocycles. The summed E-state index contributed by atoms with van der Waals surface area (Å²) in [6, 6.07) is 10.8. The fourth-order valence-electron chi connectivity index (χ4n) is 2.31. The van der Waals surface area contributed by atoms with Gasteiger partial charge in [0.15, 0.2) is 0 Å². The molecule has 2 rings (SSSR count). The van der Waals surface area contributed by atoms with Gasteiger partial charge in [0.05, 0.1) is 6.10 Å². The van der Waals surface area contributed by atoms with Crippen LogP contribution in [0.2, 0.25) is 5.02 Å². The number of nitrogens with zero attached hydrogens (tertiary/aromatic N) is 1. The van der Waals surface area contributed by atoms with E-state index in [4.69, 9.17) is 11.6 Å². The van der Waals surface area contributed by atoms with Crippen molar-refractivity contribution in [3.63, 3.8) is 0 Å². The van der Waals surface area contributed by atoms with Gasteiger partial charge in [-0.2, -0.15) is 0 Å². The Morgan fingerprint density at radius 1 is 1.29 bits per heavy atom. The second kappa shape index (κ2) is 6.46. The van der Waals surface area contributed by atoms with Crippen LogP contribution >= 0.6 is 11.6 Å².